The summed E-state index contributed by atoms with van der Waals surface area (Å²) < 4.78 is 5.63. The summed E-state index contributed by atoms with van der Waals surface area (Å²) in [7, 11) is 0. The van der Waals surface area contributed by atoms with Crippen LogP contribution in [0.3, 0.4) is 0 Å². The molecular weight excluding hydrogens is 292 g/mol. The monoisotopic (exact) mass is 310 g/mol. The van der Waals surface area contributed by atoms with E-state index in [1.54, 1.807) is 24.3 Å². The molecule has 2 N–H and O–H groups in total. The summed E-state index contributed by atoms with van der Waals surface area (Å²) in [5.74, 6) is 0.374. The Morgan fingerprint density at radius 3 is 2.65 bits per heavy atom. The Labute approximate surface area is 134 Å². The Bertz CT molecular complexity index is 790. The van der Waals surface area contributed by atoms with Crippen molar-refractivity contribution in [3.63, 3.8) is 0 Å². The molecule has 0 spiro atoms. The highest BCUT2D eigenvalue weighted by Crippen LogP contribution is 2.33. The molecule has 4 nitrogen and oxygen atoms in total. The zero-order chi connectivity index (χ0) is 16.4. The molecule has 1 aliphatic rings. The lowest BCUT2D eigenvalue weighted by Crippen LogP contribution is -2.01. The van der Waals surface area contributed by atoms with Crippen molar-refractivity contribution >= 4 is 5.78 Å². The van der Waals surface area contributed by atoms with E-state index in [1.165, 1.54) is 6.08 Å². The lowest BCUT2D eigenvalue weighted by atomic mass is 9.99. The molecule has 0 saturated heterocycles. The number of ether oxygens (including phenoxy) is 1. The van der Waals surface area contributed by atoms with Crippen molar-refractivity contribution in [3.8, 4) is 17.2 Å². The predicted octanol–water partition coefficient (Wildman–Crippen LogP) is 3.40. The van der Waals surface area contributed by atoms with E-state index in [2.05, 4.69) is 0 Å². The van der Waals surface area contributed by atoms with Crippen LogP contribution in [-0.2, 0) is 12.8 Å². The summed E-state index contributed by atoms with van der Waals surface area (Å²) in [5.41, 5.74) is 2.74. The van der Waals surface area contributed by atoms with Crippen LogP contribution in [0.2, 0.25) is 0 Å². The molecule has 118 valence electrons. The summed E-state index contributed by atoms with van der Waals surface area (Å²) in [6, 6.07) is 10.6. The number of phenols is 2. The SMILES string of the molecule is CC1=CC(=O)c2c(O)cc(CCc3ccccc3O)cc2OC1. The van der Waals surface area contributed by atoms with Gasteiger partial charge in [-0.3, -0.25) is 4.79 Å². The van der Waals surface area contributed by atoms with Gasteiger partial charge in [0.2, 0.25) is 0 Å². The van der Waals surface area contributed by atoms with E-state index in [-0.39, 0.29) is 22.8 Å². The molecular formula is C19H18O4. The van der Waals surface area contributed by atoms with Gasteiger partial charge in [0, 0.05) is 0 Å². The lowest BCUT2D eigenvalue weighted by Gasteiger charge is -2.12. The van der Waals surface area contributed by atoms with E-state index in [0.717, 1.165) is 16.7 Å². The Morgan fingerprint density at radius 2 is 1.87 bits per heavy atom. The molecule has 0 unspecified atom stereocenters. The summed E-state index contributed by atoms with van der Waals surface area (Å²) >= 11 is 0. The first-order valence-corrected chi connectivity index (χ1v) is 7.51. The van der Waals surface area contributed by atoms with E-state index < -0.39 is 0 Å². The van der Waals surface area contributed by atoms with Crippen molar-refractivity contribution in [1.82, 2.24) is 0 Å². The lowest BCUT2D eigenvalue weighted by molar-refractivity contribution is 0.104. The van der Waals surface area contributed by atoms with Crippen LogP contribution in [0.4, 0.5) is 0 Å². The molecule has 0 saturated carbocycles. The largest absolute Gasteiger partial charge is 0.508 e. The van der Waals surface area contributed by atoms with Crippen molar-refractivity contribution in [3.05, 3.63) is 64.7 Å². The van der Waals surface area contributed by atoms with Gasteiger partial charge in [0.25, 0.3) is 0 Å². The van der Waals surface area contributed by atoms with E-state index >= 15 is 0 Å². The molecule has 1 aliphatic heterocycles. The highest BCUT2D eigenvalue weighted by atomic mass is 16.5. The zero-order valence-electron chi connectivity index (χ0n) is 12.9. The third-order valence-electron chi connectivity index (χ3n) is 3.90. The first kappa shape index (κ1) is 15.2. The fraction of sp³-hybridized carbons (Fsp3) is 0.211. The Kier molecular flexibility index (Phi) is 4.06. The molecule has 4 heteroatoms. The van der Waals surface area contributed by atoms with Gasteiger partial charge in [-0.2, -0.15) is 0 Å². The minimum Gasteiger partial charge on any atom is -0.508 e. The molecule has 0 bridgehead atoms. The van der Waals surface area contributed by atoms with E-state index in [4.69, 9.17) is 4.74 Å². The van der Waals surface area contributed by atoms with Crippen molar-refractivity contribution in [2.24, 2.45) is 0 Å². The maximum absolute atomic E-state index is 12.1. The van der Waals surface area contributed by atoms with Gasteiger partial charge in [0.1, 0.15) is 29.4 Å². The first-order chi connectivity index (χ1) is 11.0. The summed E-state index contributed by atoms with van der Waals surface area (Å²) in [5, 5.41) is 20.0. The minimum atomic E-state index is -0.236. The van der Waals surface area contributed by atoms with E-state index in [9.17, 15) is 15.0 Å². The summed E-state index contributed by atoms with van der Waals surface area (Å²) in [6.45, 7) is 2.15. The van der Waals surface area contributed by atoms with Crippen LogP contribution in [0.25, 0.3) is 0 Å². The number of fused-ring (bicyclic) bond motifs is 1. The Morgan fingerprint density at radius 1 is 1.09 bits per heavy atom. The van der Waals surface area contributed by atoms with Crippen molar-refractivity contribution in [2.75, 3.05) is 6.61 Å². The second-order valence-electron chi connectivity index (χ2n) is 5.76. The van der Waals surface area contributed by atoms with Crippen LogP contribution < -0.4 is 4.74 Å². The summed E-state index contributed by atoms with van der Waals surface area (Å²) in [4.78, 5) is 12.1. The average Bonchev–Trinajstić information content (AvgIpc) is 2.65. The molecule has 3 rings (SSSR count). The van der Waals surface area contributed by atoms with Crippen LogP contribution in [0.15, 0.2) is 48.0 Å². The van der Waals surface area contributed by atoms with Gasteiger partial charge < -0.3 is 14.9 Å². The molecule has 0 amide bonds. The fourth-order valence-electron chi connectivity index (χ4n) is 2.69. The van der Waals surface area contributed by atoms with Gasteiger partial charge in [0.15, 0.2) is 5.78 Å². The number of carbonyl (C=O) groups is 1. The number of rotatable bonds is 3. The van der Waals surface area contributed by atoms with Crippen LogP contribution in [-0.4, -0.2) is 22.6 Å². The zero-order valence-corrected chi connectivity index (χ0v) is 12.9. The number of ketones is 1. The Hall–Kier alpha value is -2.75. The average molecular weight is 310 g/mol. The van der Waals surface area contributed by atoms with Crippen molar-refractivity contribution < 1.29 is 19.7 Å². The standard InChI is InChI=1S/C19H18O4/c1-12-8-16(21)19-17(22)9-13(10-18(19)23-11-12)6-7-14-4-2-3-5-15(14)20/h2-5,8-10,20,22H,6-7,11H2,1H3. The maximum Gasteiger partial charge on any atom is 0.193 e. The number of aromatic hydroxyl groups is 2. The van der Waals surface area contributed by atoms with Gasteiger partial charge in [-0.1, -0.05) is 18.2 Å². The third-order valence-corrected chi connectivity index (χ3v) is 3.90. The molecule has 0 atom stereocenters. The normalized spacial score (nSPS) is 13.8. The van der Waals surface area contributed by atoms with Crippen molar-refractivity contribution in [2.45, 2.75) is 19.8 Å². The second kappa shape index (κ2) is 6.16. The smallest absolute Gasteiger partial charge is 0.193 e. The van der Waals surface area contributed by atoms with Crippen LogP contribution in [0.5, 0.6) is 17.2 Å². The Balaban J connectivity index is 1.85. The first-order valence-electron chi connectivity index (χ1n) is 7.51. The predicted molar refractivity (Wildman–Crippen MR) is 87.2 cm³/mol. The van der Waals surface area contributed by atoms with Gasteiger partial charge >= 0.3 is 0 Å². The highest BCUT2D eigenvalue weighted by Gasteiger charge is 2.20. The van der Waals surface area contributed by atoms with Gasteiger partial charge in [-0.05, 0) is 60.7 Å². The van der Waals surface area contributed by atoms with Gasteiger partial charge in [0.05, 0.1) is 0 Å². The van der Waals surface area contributed by atoms with Crippen LogP contribution in [0.1, 0.15) is 28.4 Å². The van der Waals surface area contributed by atoms with Gasteiger partial charge in [-0.15, -0.1) is 0 Å². The number of hydrogen-bond donors (Lipinski definition) is 2. The number of allylic oxidation sites excluding steroid dienone is 1. The number of hydrogen-bond acceptors (Lipinski definition) is 4. The third kappa shape index (κ3) is 3.21. The molecule has 0 radical (unpaired) electrons. The maximum atomic E-state index is 12.1. The molecule has 1 heterocycles. The van der Waals surface area contributed by atoms with Crippen LogP contribution in [0, 0.1) is 0 Å². The number of carbonyl (C=O) groups excluding carboxylic acids is 1. The number of aryl methyl sites for hydroxylation is 2. The molecule has 2 aromatic rings. The summed E-state index contributed by atoms with van der Waals surface area (Å²) in [6.07, 6.45) is 2.76. The second-order valence-corrected chi connectivity index (χ2v) is 5.76. The minimum absolute atomic E-state index is 0.0641. The molecule has 23 heavy (non-hydrogen) atoms. The number of phenolic OH excluding ortho intramolecular Hbond substituents is 2. The van der Waals surface area contributed by atoms with E-state index in [0.29, 0.717) is 25.2 Å². The molecule has 0 fully saturated rings. The van der Waals surface area contributed by atoms with Crippen LogP contribution >= 0.6 is 0 Å². The molecule has 0 aliphatic carbocycles. The van der Waals surface area contributed by atoms with E-state index in [1.807, 2.05) is 19.1 Å². The molecule has 0 aromatic heterocycles. The highest BCUT2D eigenvalue weighted by molar-refractivity contribution is 6.09. The fourth-order valence-corrected chi connectivity index (χ4v) is 2.69. The number of benzene rings is 2. The number of para-hydroxylation sites is 1. The van der Waals surface area contributed by atoms with Crippen molar-refractivity contribution in [1.29, 1.82) is 0 Å². The topological polar surface area (TPSA) is 66.8 Å². The molecule has 2 aromatic carbocycles. The van der Waals surface area contributed by atoms with Gasteiger partial charge in [-0.25, -0.2) is 0 Å². The quantitative estimate of drug-likeness (QED) is 0.912.